The largest absolute Gasteiger partial charge is 0.481 e. The molecule has 72 valence electrons. The van der Waals surface area contributed by atoms with Crippen molar-refractivity contribution in [1.29, 1.82) is 0 Å². The minimum absolute atomic E-state index is 0.197. The van der Waals surface area contributed by atoms with E-state index in [1.165, 1.54) is 19.2 Å². The molecule has 0 atom stereocenters. The van der Waals surface area contributed by atoms with Crippen LogP contribution in [0.25, 0.3) is 0 Å². The molecule has 1 aromatic rings. The summed E-state index contributed by atoms with van der Waals surface area (Å²) in [7, 11) is 2.67. The van der Waals surface area contributed by atoms with Crippen LogP contribution in [0.2, 0.25) is 0 Å². The second-order valence-corrected chi connectivity index (χ2v) is 5.41. The summed E-state index contributed by atoms with van der Waals surface area (Å²) < 4.78 is 26.9. The lowest BCUT2D eigenvalue weighted by molar-refractivity contribution is 0.393. The Kier molecular flexibility index (Phi) is 3.15. The predicted molar refractivity (Wildman–Crippen MR) is 51.5 cm³/mol. The van der Waals surface area contributed by atoms with Crippen LogP contribution in [0.15, 0.2) is 21.6 Å². The van der Waals surface area contributed by atoms with E-state index in [0.29, 0.717) is 4.47 Å². The lowest BCUT2D eigenvalue weighted by Crippen LogP contribution is -1.98. The van der Waals surface area contributed by atoms with Gasteiger partial charge < -0.3 is 4.74 Å². The predicted octanol–water partition coefficient (Wildman–Crippen LogP) is 1.78. The Balaban J connectivity index is 3.36. The molecule has 1 heterocycles. The van der Waals surface area contributed by atoms with Gasteiger partial charge in [-0.05, 0) is 22.0 Å². The first kappa shape index (κ1) is 10.7. The Morgan fingerprint density at radius 2 is 2.15 bits per heavy atom. The molecule has 7 heteroatoms. The number of ether oxygens (including phenoxy) is 1. The first-order chi connectivity index (χ1) is 5.95. The number of hydrogen-bond acceptors (Lipinski definition) is 4. The van der Waals surface area contributed by atoms with Crippen molar-refractivity contribution in [3.63, 3.8) is 0 Å². The maximum atomic E-state index is 10.9. The van der Waals surface area contributed by atoms with Crippen molar-refractivity contribution in [3.8, 4) is 5.88 Å². The molecule has 0 saturated carbocycles. The first-order valence-electron chi connectivity index (χ1n) is 3.10. The molecule has 0 aromatic carbocycles. The second kappa shape index (κ2) is 3.81. The minimum atomic E-state index is -3.83. The van der Waals surface area contributed by atoms with Gasteiger partial charge in [0.25, 0.3) is 9.05 Å². The van der Waals surface area contributed by atoms with Crippen LogP contribution in [0.1, 0.15) is 0 Å². The van der Waals surface area contributed by atoms with Crippen molar-refractivity contribution in [2.24, 2.45) is 0 Å². The zero-order valence-electron chi connectivity index (χ0n) is 6.49. The molecule has 0 aliphatic carbocycles. The summed E-state index contributed by atoms with van der Waals surface area (Å²) in [4.78, 5) is 3.67. The second-order valence-electron chi connectivity index (χ2n) is 2.08. The van der Waals surface area contributed by atoms with E-state index in [2.05, 4.69) is 20.9 Å². The average molecular weight is 287 g/mol. The highest BCUT2D eigenvalue weighted by Crippen LogP contribution is 2.25. The Morgan fingerprint density at radius 1 is 1.54 bits per heavy atom. The summed E-state index contributed by atoms with van der Waals surface area (Å²) in [5.41, 5.74) is 0. The maximum absolute atomic E-state index is 10.9. The number of pyridine rings is 1. The molecule has 0 N–H and O–H groups in total. The van der Waals surface area contributed by atoms with Gasteiger partial charge in [-0.2, -0.15) is 4.98 Å². The van der Waals surface area contributed by atoms with Gasteiger partial charge in [-0.1, -0.05) is 0 Å². The third kappa shape index (κ3) is 2.55. The van der Waals surface area contributed by atoms with E-state index in [1.54, 1.807) is 0 Å². The molecule has 1 rings (SSSR count). The molecule has 0 spiro atoms. The number of hydrogen-bond donors (Lipinski definition) is 0. The van der Waals surface area contributed by atoms with Crippen molar-refractivity contribution in [2.45, 2.75) is 5.03 Å². The van der Waals surface area contributed by atoms with Gasteiger partial charge >= 0.3 is 0 Å². The molecule has 0 aliphatic heterocycles. The monoisotopic (exact) mass is 285 g/mol. The SMILES string of the molecule is COc1ccc(Br)c(S(=O)(=O)Cl)n1. The van der Waals surface area contributed by atoms with Gasteiger partial charge in [0, 0.05) is 16.7 Å². The molecule has 0 radical (unpaired) electrons. The zero-order valence-corrected chi connectivity index (χ0v) is 9.65. The highest BCUT2D eigenvalue weighted by Gasteiger charge is 2.17. The number of rotatable bonds is 2. The first-order valence-corrected chi connectivity index (χ1v) is 6.20. The van der Waals surface area contributed by atoms with Crippen molar-refractivity contribution in [2.75, 3.05) is 7.11 Å². The van der Waals surface area contributed by atoms with Crippen molar-refractivity contribution in [1.82, 2.24) is 4.98 Å². The molecule has 0 saturated heterocycles. The van der Waals surface area contributed by atoms with E-state index in [9.17, 15) is 8.42 Å². The third-order valence-electron chi connectivity index (χ3n) is 1.23. The normalized spacial score (nSPS) is 11.3. The van der Waals surface area contributed by atoms with Crippen LogP contribution in [0, 0.1) is 0 Å². The van der Waals surface area contributed by atoms with Crippen LogP contribution in [0.3, 0.4) is 0 Å². The van der Waals surface area contributed by atoms with Crippen LogP contribution < -0.4 is 4.74 Å². The molecule has 0 aliphatic rings. The van der Waals surface area contributed by atoms with Crippen LogP contribution in [0.5, 0.6) is 5.88 Å². The molecule has 0 fully saturated rings. The van der Waals surface area contributed by atoms with E-state index in [0.717, 1.165) is 0 Å². The molecular weight excluding hydrogens is 281 g/mol. The summed E-state index contributed by atoms with van der Waals surface area (Å²) in [5.74, 6) is 0.197. The quantitative estimate of drug-likeness (QED) is 0.778. The van der Waals surface area contributed by atoms with Crippen molar-refractivity contribution in [3.05, 3.63) is 16.6 Å². The summed E-state index contributed by atoms with van der Waals surface area (Å²) in [6.07, 6.45) is 0. The molecule has 13 heavy (non-hydrogen) atoms. The van der Waals surface area contributed by atoms with E-state index >= 15 is 0 Å². The van der Waals surface area contributed by atoms with E-state index in [-0.39, 0.29) is 10.9 Å². The lowest BCUT2D eigenvalue weighted by atomic mass is 10.5. The van der Waals surface area contributed by atoms with Gasteiger partial charge in [0.2, 0.25) is 5.88 Å². The lowest BCUT2D eigenvalue weighted by Gasteiger charge is -2.02. The molecule has 0 amide bonds. The van der Waals surface area contributed by atoms with Crippen LogP contribution in [-0.2, 0) is 9.05 Å². The van der Waals surface area contributed by atoms with Gasteiger partial charge in [-0.15, -0.1) is 0 Å². The maximum Gasteiger partial charge on any atom is 0.279 e. The summed E-state index contributed by atoms with van der Waals surface area (Å²) in [5, 5.41) is -0.242. The third-order valence-corrected chi connectivity index (χ3v) is 3.34. The molecule has 4 nitrogen and oxygen atoms in total. The van der Waals surface area contributed by atoms with Crippen molar-refractivity contribution >= 4 is 35.7 Å². The van der Waals surface area contributed by atoms with Crippen LogP contribution in [0.4, 0.5) is 0 Å². The topological polar surface area (TPSA) is 56.3 Å². The Hall–Kier alpha value is -0.330. The standard InChI is InChI=1S/C6H5BrClNO3S/c1-12-5-3-2-4(7)6(9-5)13(8,10)11/h2-3H,1H3. The summed E-state index contributed by atoms with van der Waals surface area (Å²) in [6.45, 7) is 0. The van der Waals surface area contributed by atoms with Gasteiger partial charge in [-0.3, -0.25) is 0 Å². The van der Waals surface area contributed by atoms with E-state index in [4.69, 9.17) is 15.4 Å². The Labute approximate surface area is 88.4 Å². The summed E-state index contributed by atoms with van der Waals surface area (Å²) in [6, 6.07) is 3.02. The molecule has 1 aromatic heterocycles. The average Bonchev–Trinajstić information content (AvgIpc) is 2.03. The highest BCUT2D eigenvalue weighted by molar-refractivity contribution is 9.10. The number of methoxy groups -OCH3 is 1. The minimum Gasteiger partial charge on any atom is -0.481 e. The molecular formula is C6H5BrClNO3S. The smallest absolute Gasteiger partial charge is 0.279 e. The Bertz CT molecular complexity index is 420. The highest BCUT2D eigenvalue weighted by atomic mass is 79.9. The summed E-state index contributed by atoms with van der Waals surface area (Å²) >= 11 is 3.01. The van der Waals surface area contributed by atoms with Gasteiger partial charge in [-0.25, -0.2) is 8.42 Å². The fourth-order valence-corrected chi connectivity index (χ4v) is 2.68. The van der Waals surface area contributed by atoms with E-state index in [1.807, 2.05) is 0 Å². The van der Waals surface area contributed by atoms with Crippen LogP contribution >= 0.6 is 26.6 Å². The van der Waals surface area contributed by atoms with Crippen LogP contribution in [-0.4, -0.2) is 20.5 Å². The number of aromatic nitrogens is 1. The van der Waals surface area contributed by atoms with Crippen molar-refractivity contribution < 1.29 is 13.2 Å². The zero-order chi connectivity index (χ0) is 10.1. The molecule has 0 unspecified atom stereocenters. The van der Waals surface area contributed by atoms with E-state index < -0.39 is 9.05 Å². The fourth-order valence-electron chi connectivity index (χ4n) is 0.691. The number of nitrogens with zero attached hydrogens (tertiary/aromatic N) is 1. The number of halogens is 2. The fraction of sp³-hybridized carbons (Fsp3) is 0.167. The Morgan fingerprint density at radius 3 is 2.62 bits per heavy atom. The molecule has 0 bridgehead atoms. The van der Waals surface area contributed by atoms with Gasteiger partial charge in [0.1, 0.15) is 0 Å². The van der Waals surface area contributed by atoms with Gasteiger partial charge in [0.15, 0.2) is 5.03 Å². The van der Waals surface area contributed by atoms with Gasteiger partial charge in [0.05, 0.1) is 11.6 Å².